The zero-order valence-electron chi connectivity index (χ0n) is 17.6. The largest absolute Gasteiger partial charge is 0.486 e. The number of carbonyl (C=O) groups is 2. The van der Waals surface area contributed by atoms with E-state index < -0.39 is 0 Å². The van der Waals surface area contributed by atoms with Crippen LogP contribution >= 0.6 is 0 Å². The number of rotatable bonds is 4. The summed E-state index contributed by atoms with van der Waals surface area (Å²) in [5, 5.41) is 0. The first-order chi connectivity index (χ1) is 14.7. The minimum Gasteiger partial charge on any atom is -0.486 e. The molecule has 0 aromatic heterocycles. The molecule has 0 saturated carbocycles. The molecule has 0 N–H and O–H groups in total. The van der Waals surface area contributed by atoms with Crippen LogP contribution in [0.15, 0.2) is 24.3 Å². The van der Waals surface area contributed by atoms with Crippen LogP contribution in [0, 0.1) is 0 Å². The van der Waals surface area contributed by atoms with Gasteiger partial charge >= 0.3 is 0 Å². The van der Waals surface area contributed by atoms with E-state index in [1.54, 1.807) is 6.08 Å². The molecule has 0 bridgehead atoms. The summed E-state index contributed by atoms with van der Waals surface area (Å²) in [5.74, 6) is 1.70. The highest BCUT2D eigenvalue weighted by molar-refractivity contribution is 5.92. The van der Waals surface area contributed by atoms with Crippen molar-refractivity contribution in [2.75, 3.05) is 59.0 Å². The second-order valence-electron chi connectivity index (χ2n) is 8.13. The van der Waals surface area contributed by atoms with Crippen LogP contribution in [-0.2, 0) is 9.59 Å². The van der Waals surface area contributed by atoms with E-state index in [1.165, 1.54) is 12.8 Å². The van der Waals surface area contributed by atoms with Crippen molar-refractivity contribution in [3.05, 3.63) is 29.8 Å². The Morgan fingerprint density at radius 1 is 0.833 bits per heavy atom. The lowest BCUT2D eigenvalue weighted by Crippen LogP contribution is -2.51. The molecular weight excluding hydrogens is 382 g/mol. The Balaban J connectivity index is 1.24. The molecular formula is C23H31N3O4. The van der Waals surface area contributed by atoms with Gasteiger partial charge in [-0.1, -0.05) is 18.9 Å². The van der Waals surface area contributed by atoms with Gasteiger partial charge in [0, 0.05) is 45.3 Å². The molecule has 7 nitrogen and oxygen atoms in total. The number of nitrogens with zero attached hydrogens (tertiary/aromatic N) is 3. The Morgan fingerprint density at radius 3 is 2.27 bits per heavy atom. The highest BCUT2D eigenvalue weighted by Crippen LogP contribution is 2.31. The maximum Gasteiger partial charge on any atom is 0.246 e. The number of hydrogen-bond donors (Lipinski definition) is 0. The molecule has 30 heavy (non-hydrogen) atoms. The third kappa shape index (κ3) is 5.33. The fraction of sp³-hybridized carbons (Fsp3) is 0.565. The number of piperazine rings is 1. The van der Waals surface area contributed by atoms with E-state index in [4.69, 9.17) is 9.47 Å². The lowest BCUT2D eigenvalue weighted by Gasteiger charge is -2.34. The van der Waals surface area contributed by atoms with E-state index in [9.17, 15) is 9.59 Å². The standard InChI is InChI=1S/C23H31N3O4/c27-22(8-6-19-5-7-20-21(17-19)30-16-15-29-20)26-13-11-24(12-14-26)18-23(28)25-9-3-1-2-4-10-25/h5-8,17H,1-4,9-16,18H2. The second-order valence-corrected chi connectivity index (χ2v) is 8.13. The molecule has 162 valence electrons. The van der Waals surface area contributed by atoms with Crippen LogP contribution in [0.2, 0.25) is 0 Å². The van der Waals surface area contributed by atoms with Gasteiger partial charge in [0.05, 0.1) is 6.54 Å². The van der Waals surface area contributed by atoms with Crippen molar-refractivity contribution < 1.29 is 19.1 Å². The molecule has 4 rings (SSSR count). The zero-order chi connectivity index (χ0) is 20.8. The summed E-state index contributed by atoms with van der Waals surface area (Å²) >= 11 is 0. The predicted molar refractivity (Wildman–Crippen MR) is 115 cm³/mol. The van der Waals surface area contributed by atoms with E-state index in [0.29, 0.717) is 32.8 Å². The van der Waals surface area contributed by atoms with Crippen LogP contribution in [0.5, 0.6) is 11.5 Å². The number of ether oxygens (including phenoxy) is 2. The first-order valence-corrected chi connectivity index (χ1v) is 11.1. The van der Waals surface area contributed by atoms with Crippen molar-refractivity contribution in [1.82, 2.24) is 14.7 Å². The Morgan fingerprint density at radius 2 is 1.53 bits per heavy atom. The number of fused-ring (bicyclic) bond motifs is 1. The SMILES string of the molecule is O=C(C=Cc1ccc2c(c1)OCCO2)N1CCN(CC(=O)N2CCCCCC2)CC1. The van der Waals surface area contributed by atoms with E-state index in [2.05, 4.69) is 4.90 Å². The summed E-state index contributed by atoms with van der Waals surface area (Å²) in [7, 11) is 0. The van der Waals surface area contributed by atoms with Crippen molar-refractivity contribution in [2.45, 2.75) is 25.7 Å². The maximum atomic E-state index is 12.6. The van der Waals surface area contributed by atoms with E-state index >= 15 is 0 Å². The van der Waals surface area contributed by atoms with Crippen LogP contribution in [0.1, 0.15) is 31.2 Å². The molecule has 1 aromatic rings. The quantitative estimate of drug-likeness (QED) is 0.707. The highest BCUT2D eigenvalue weighted by Gasteiger charge is 2.23. The summed E-state index contributed by atoms with van der Waals surface area (Å²) in [6, 6.07) is 5.69. The number of likely N-dealkylation sites (tertiary alicyclic amines) is 1. The topological polar surface area (TPSA) is 62.3 Å². The third-order valence-electron chi connectivity index (χ3n) is 5.99. The number of carbonyl (C=O) groups excluding carboxylic acids is 2. The minimum absolute atomic E-state index is 0.00313. The Bertz CT molecular complexity index is 779. The molecule has 2 amide bonds. The van der Waals surface area contributed by atoms with Crippen LogP contribution in [0.3, 0.4) is 0 Å². The third-order valence-corrected chi connectivity index (χ3v) is 5.99. The molecule has 1 aromatic carbocycles. The Labute approximate surface area is 178 Å². The molecule has 0 spiro atoms. The summed E-state index contributed by atoms with van der Waals surface area (Å²) in [4.78, 5) is 31.2. The van der Waals surface area contributed by atoms with E-state index in [-0.39, 0.29) is 11.8 Å². The van der Waals surface area contributed by atoms with Gasteiger partial charge in [-0.15, -0.1) is 0 Å². The average molecular weight is 414 g/mol. The summed E-state index contributed by atoms with van der Waals surface area (Å²) in [6.45, 7) is 6.14. The number of benzene rings is 1. The second kappa shape index (κ2) is 9.98. The lowest BCUT2D eigenvalue weighted by molar-refractivity contribution is -0.133. The first kappa shape index (κ1) is 20.7. The van der Waals surface area contributed by atoms with Crippen LogP contribution in [0.25, 0.3) is 6.08 Å². The predicted octanol–water partition coefficient (Wildman–Crippen LogP) is 2.02. The van der Waals surface area contributed by atoms with E-state index in [0.717, 1.165) is 56.1 Å². The van der Waals surface area contributed by atoms with Crippen LogP contribution in [0.4, 0.5) is 0 Å². The van der Waals surface area contributed by atoms with Gasteiger partial charge in [-0.2, -0.15) is 0 Å². The Hall–Kier alpha value is -2.54. The smallest absolute Gasteiger partial charge is 0.246 e. The van der Waals surface area contributed by atoms with Crippen molar-refractivity contribution in [1.29, 1.82) is 0 Å². The zero-order valence-corrected chi connectivity index (χ0v) is 17.6. The molecule has 0 atom stereocenters. The molecule has 2 fully saturated rings. The van der Waals surface area contributed by atoms with Gasteiger partial charge in [-0.25, -0.2) is 0 Å². The lowest BCUT2D eigenvalue weighted by atomic mass is 10.1. The van der Waals surface area contributed by atoms with Crippen molar-refractivity contribution in [2.24, 2.45) is 0 Å². The van der Waals surface area contributed by atoms with Crippen molar-refractivity contribution >= 4 is 17.9 Å². The fourth-order valence-corrected chi connectivity index (χ4v) is 4.17. The van der Waals surface area contributed by atoms with Gasteiger partial charge in [-0.05, 0) is 36.6 Å². The van der Waals surface area contributed by atoms with Gasteiger partial charge < -0.3 is 19.3 Å². The molecule has 3 aliphatic heterocycles. The number of hydrogen-bond acceptors (Lipinski definition) is 5. The van der Waals surface area contributed by atoms with Crippen LogP contribution in [-0.4, -0.2) is 85.5 Å². The van der Waals surface area contributed by atoms with Crippen LogP contribution < -0.4 is 9.47 Å². The Kier molecular flexibility index (Phi) is 6.89. The van der Waals surface area contributed by atoms with Gasteiger partial charge in [-0.3, -0.25) is 14.5 Å². The van der Waals surface area contributed by atoms with Gasteiger partial charge in [0.25, 0.3) is 0 Å². The molecule has 0 aliphatic carbocycles. The summed E-state index contributed by atoms with van der Waals surface area (Å²) in [6.07, 6.45) is 8.11. The van der Waals surface area contributed by atoms with E-state index in [1.807, 2.05) is 34.1 Å². The van der Waals surface area contributed by atoms with Crippen molar-refractivity contribution in [3.63, 3.8) is 0 Å². The minimum atomic E-state index is 0.00313. The molecule has 3 heterocycles. The maximum absolute atomic E-state index is 12.6. The highest BCUT2D eigenvalue weighted by atomic mass is 16.6. The van der Waals surface area contributed by atoms with Crippen molar-refractivity contribution in [3.8, 4) is 11.5 Å². The number of amides is 2. The molecule has 0 radical (unpaired) electrons. The molecule has 3 aliphatic rings. The van der Waals surface area contributed by atoms with Gasteiger partial charge in [0.2, 0.25) is 11.8 Å². The average Bonchev–Trinajstić information content (AvgIpc) is 3.07. The monoisotopic (exact) mass is 413 g/mol. The molecule has 2 saturated heterocycles. The summed E-state index contributed by atoms with van der Waals surface area (Å²) in [5.41, 5.74) is 0.911. The fourth-order valence-electron chi connectivity index (χ4n) is 4.17. The van der Waals surface area contributed by atoms with Gasteiger partial charge in [0.1, 0.15) is 13.2 Å². The summed E-state index contributed by atoms with van der Waals surface area (Å²) < 4.78 is 11.1. The molecule has 7 heteroatoms. The normalized spacial score (nSPS) is 20.3. The first-order valence-electron chi connectivity index (χ1n) is 11.1. The van der Waals surface area contributed by atoms with Gasteiger partial charge in [0.15, 0.2) is 11.5 Å². The molecule has 0 unspecified atom stereocenters.